The molecule has 0 bridgehead atoms. The zero-order chi connectivity index (χ0) is 15.7. The third-order valence-corrected chi connectivity index (χ3v) is 4.13. The van der Waals surface area contributed by atoms with Crippen LogP contribution in [0.25, 0.3) is 0 Å². The number of anilines is 1. The molecule has 1 fully saturated rings. The highest BCUT2D eigenvalue weighted by Crippen LogP contribution is 2.20. The SMILES string of the molecule is Cc1nn(C)c(C)c1NC(=O)C(C)N1CC(C)OC(C)C1. The van der Waals surface area contributed by atoms with Gasteiger partial charge in [-0.2, -0.15) is 5.10 Å². The number of carbonyl (C=O) groups excluding carboxylic acids is 1. The number of hydrogen-bond donors (Lipinski definition) is 1. The maximum atomic E-state index is 12.5. The summed E-state index contributed by atoms with van der Waals surface area (Å²) in [6.45, 7) is 11.5. The molecular formula is C15H26N4O2. The third-order valence-electron chi connectivity index (χ3n) is 4.13. The number of morpholine rings is 1. The largest absolute Gasteiger partial charge is 0.373 e. The number of aromatic nitrogens is 2. The molecule has 1 aliphatic heterocycles. The second kappa shape index (κ2) is 6.15. The first-order valence-corrected chi connectivity index (χ1v) is 7.50. The molecule has 3 atom stereocenters. The van der Waals surface area contributed by atoms with Gasteiger partial charge in [-0.3, -0.25) is 14.4 Å². The summed E-state index contributed by atoms with van der Waals surface area (Å²) in [4.78, 5) is 14.7. The lowest BCUT2D eigenvalue weighted by molar-refractivity contribution is -0.126. The minimum atomic E-state index is -0.183. The number of hydrogen-bond acceptors (Lipinski definition) is 4. The normalized spacial score (nSPS) is 24.9. The summed E-state index contributed by atoms with van der Waals surface area (Å²) < 4.78 is 7.51. The Hall–Kier alpha value is -1.40. The quantitative estimate of drug-likeness (QED) is 0.917. The second-order valence-corrected chi connectivity index (χ2v) is 6.05. The molecule has 1 aliphatic rings. The summed E-state index contributed by atoms with van der Waals surface area (Å²) in [7, 11) is 1.88. The van der Waals surface area contributed by atoms with E-state index in [1.54, 1.807) is 4.68 Å². The van der Waals surface area contributed by atoms with Gasteiger partial charge in [0.1, 0.15) is 0 Å². The molecule has 0 aliphatic carbocycles. The number of carbonyl (C=O) groups is 1. The van der Waals surface area contributed by atoms with Crippen LogP contribution in [0.2, 0.25) is 0 Å². The number of ether oxygens (including phenoxy) is 1. The van der Waals surface area contributed by atoms with Crippen LogP contribution >= 0.6 is 0 Å². The van der Waals surface area contributed by atoms with Gasteiger partial charge in [0.2, 0.25) is 5.91 Å². The summed E-state index contributed by atoms with van der Waals surface area (Å²) in [6.07, 6.45) is 0.316. The van der Waals surface area contributed by atoms with E-state index in [9.17, 15) is 4.79 Å². The van der Waals surface area contributed by atoms with E-state index in [2.05, 4.69) is 15.3 Å². The third kappa shape index (κ3) is 3.44. The average molecular weight is 294 g/mol. The Morgan fingerprint density at radius 1 is 1.33 bits per heavy atom. The zero-order valence-corrected chi connectivity index (χ0v) is 13.8. The molecule has 118 valence electrons. The van der Waals surface area contributed by atoms with Crippen molar-refractivity contribution in [1.82, 2.24) is 14.7 Å². The van der Waals surface area contributed by atoms with Gasteiger partial charge in [-0.15, -0.1) is 0 Å². The van der Waals surface area contributed by atoms with Crippen molar-refractivity contribution in [2.45, 2.75) is 52.9 Å². The molecule has 6 heteroatoms. The van der Waals surface area contributed by atoms with E-state index >= 15 is 0 Å². The van der Waals surface area contributed by atoms with Gasteiger partial charge in [-0.25, -0.2) is 0 Å². The minimum absolute atomic E-state index is 0.00972. The van der Waals surface area contributed by atoms with Gasteiger partial charge >= 0.3 is 0 Å². The Balaban J connectivity index is 2.05. The van der Waals surface area contributed by atoms with E-state index < -0.39 is 0 Å². The lowest BCUT2D eigenvalue weighted by atomic mass is 10.1. The predicted molar refractivity (Wildman–Crippen MR) is 82.4 cm³/mol. The molecule has 1 saturated heterocycles. The highest BCUT2D eigenvalue weighted by Gasteiger charge is 2.29. The fourth-order valence-electron chi connectivity index (χ4n) is 2.88. The van der Waals surface area contributed by atoms with Gasteiger partial charge in [0, 0.05) is 20.1 Å². The Morgan fingerprint density at radius 2 is 1.90 bits per heavy atom. The topological polar surface area (TPSA) is 59.4 Å². The Bertz CT molecular complexity index is 516. The molecule has 3 unspecified atom stereocenters. The van der Waals surface area contributed by atoms with Crippen molar-refractivity contribution in [3.8, 4) is 0 Å². The van der Waals surface area contributed by atoms with Crippen LogP contribution in [0, 0.1) is 13.8 Å². The molecule has 0 spiro atoms. The molecule has 0 radical (unpaired) electrons. The fraction of sp³-hybridized carbons (Fsp3) is 0.733. The summed E-state index contributed by atoms with van der Waals surface area (Å²) in [5.74, 6) is 0.00972. The van der Waals surface area contributed by atoms with E-state index in [-0.39, 0.29) is 24.2 Å². The number of nitrogens with one attached hydrogen (secondary N) is 1. The molecule has 1 aromatic rings. The fourth-order valence-corrected chi connectivity index (χ4v) is 2.88. The van der Waals surface area contributed by atoms with Crippen molar-refractivity contribution in [2.24, 2.45) is 7.05 Å². The number of nitrogens with zero attached hydrogens (tertiary/aromatic N) is 3. The number of rotatable bonds is 3. The Kier molecular flexibility index (Phi) is 4.68. The molecular weight excluding hydrogens is 268 g/mol. The maximum absolute atomic E-state index is 12.5. The van der Waals surface area contributed by atoms with Gasteiger partial charge in [-0.1, -0.05) is 0 Å². The lowest BCUT2D eigenvalue weighted by Crippen LogP contribution is -2.52. The minimum Gasteiger partial charge on any atom is -0.373 e. The highest BCUT2D eigenvalue weighted by molar-refractivity contribution is 5.95. The predicted octanol–water partition coefficient (Wildman–Crippen LogP) is 1.47. The first kappa shape index (κ1) is 16.0. The molecule has 6 nitrogen and oxygen atoms in total. The van der Waals surface area contributed by atoms with E-state index in [1.807, 2.05) is 41.7 Å². The zero-order valence-electron chi connectivity index (χ0n) is 13.8. The summed E-state index contributed by atoms with van der Waals surface area (Å²) in [5.41, 5.74) is 2.64. The standard InChI is InChI=1S/C15H26N4O2/c1-9-7-19(8-10(2)21-9)13(5)15(20)16-14-11(3)17-18(6)12(14)4/h9-10,13H,7-8H2,1-6H3,(H,16,20). The van der Waals surface area contributed by atoms with Gasteiger partial charge in [-0.05, 0) is 34.6 Å². The van der Waals surface area contributed by atoms with Crippen molar-refractivity contribution in [2.75, 3.05) is 18.4 Å². The molecule has 0 aromatic carbocycles. The molecule has 2 rings (SSSR count). The number of amides is 1. The molecule has 1 aromatic heterocycles. The molecule has 0 saturated carbocycles. The second-order valence-electron chi connectivity index (χ2n) is 6.05. The van der Waals surface area contributed by atoms with Gasteiger partial charge in [0.05, 0.1) is 35.3 Å². The molecule has 21 heavy (non-hydrogen) atoms. The monoisotopic (exact) mass is 294 g/mol. The van der Waals surface area contributed by atoms with Crippen LogP contribution in [-0.4, -0.2) is 51.9 Å². The number of aryl methyl sites for hydroxylation is 2. The maximum Gasteiger partial charge on any atom is 0.241 e. The molecule has 2 heterocycles. The van der Waals surface area contributed by atoms with Crippen LogP contribution in [-0.2, 0) is 16.6 Å². The van der Waals surface area contributed by atoms with Gasteiger partial charge in [0.15, 0.2) is 0 Å². The van der Waals surface area contributed by atoms with Crippen LogP contribution in [0.5, 0.6) is 0 Å². The van der Waals surface area contributed by atoms with Gasteiger partial charge < -0.3 is 10.1 Å². The van der Waals surface area contributed by atoms with E-state index in [0.717, 1.165) is 30.2 Å². The first-order valence-electron chi connectivity index (χ1n) is 7.50. The Labute approximate surface area is 126 Å². The van der Waals surface area contributed by atoms with Crippen molar-refractivity contribution >= 4 is 11.6 Å². The van der Waals surface area contributed by atoms with Crippen LogP contribution in [0.1, 0.15) is 32.2 Å². The highest BCUT2D eigenvalue weighted by atomic mass is 16.5. The van der Waals surface area contributed by atoms with Crippen molar-refractivity contribution < 1.29 is 9.53 Å². The summed E-state index contributed by atoms with van der Waals surface area (Å²) in [6, 6.07) is -0.183. The van der Waals surface area contributed by atoms with Crippen molar-refractivity contribution in [3.05, 3.63) is 11.4 Å². The first-order chi connectivity index (χ1) is 9.79. The van der Waals surface area contributed by atoms with Crippen LogP contribution < -0.4 is 5.32 Å². The van der Waals surface area contributed by atoms with Crippen molar-refractivity contribution in [1.29, 1.82) is 0 Å². The van der Waals surface area contributed by atoms with E-state index in [1.165, 1.54) is 0 Å². The molecule has 1 N–H and O–H groups in total. The smallest absolute Gasteiger partial charge is 0.241 e. The van der Waals surface area contributed by atoms with Crippen LogP contribution in [0.4, 0.5) is 5.69 Å². The van der Waals surface area contributed by atoms with E-state index in [0.29, 0.717) is 0 Å². The van der Waals surface area contributed by atoms with Crippen molar-refractivity contribution in [3.63, 3.8) is 0 Å². The van der Waals surface area contributed by atoms with E-state index in [4.69, 9.17) is 4.74 Å². The summed E-state index contributed by atoms with van der Waals surface area (Å²) >= 11 is 0. The Morgan fingerprint density at radius 3 is 2.38 bits per heavy atom. The molecule has 1 amide bonds. The summed E-state index contributed by atoms with van der Waals surface area (Å²) in [5, 5.41) is 7.35. The van der Waals surface area contributed by atoms with Gasteiger partial charge in [0.25, 0.3) is 0 Å². The van der Waals surface area contributed by atoms with Crippen LogP contribution in [0.15, 0.2) is 0 Å². The lowest BCUT2D eigenvalue weighted by Gasteiger charge is -2.38. The average Bonchev–Trinajstić information content (AvgIpc) is 2.63. The van der Waals surface area contributed by atoms with Crippen LogP contribution in [0.3, 0.4) is 0 Å².